The van der Waals surface area contributed by atoms with Crippen LogP contribution in [0.5, 0.6) is 0 Å². The molecule has 0 aromatic carbocycles. The zero-order valence-corrected chi connectivity index (χ0v) is 11.3. The van der Waals surface area contributed by atoms with Gasteiger partial charge in [0.15, 0.2) is 0 Å². The van der Waals surface area contributed by atoms with E-state index in [2.05, 4.69) is 0 Å². The van der Waals surface area contributed by atoms with Crippen LogP contribution in [0.3, 0.4) is 0 Å². The third kappa shape index (κ3) is 3.02. The number of aliphatic carboxylic acids is 1. The van der Waals surface area contributed by atoms with E-state index in [1.54, 1.807) is 0 Å². The van der Waals surface area contributed by atoms with E-state index < -0.39 is 11.5 Å². The van der Waals surface area contributed by atoms with Crippen LogP contribution in [0.4, 0.5) is 0 Å². The molecule has 1 aliphatic rings. The molecule has 5 heteroatoms. The van der Waals surface area contributed by atoms with E-state index in [9.17, 15) is 14.7 Å². The molecule has 1 unspecified atom stereocenters. The number of ether oxygens (including phenoxy) is 1. The Morgan fingerprint density at radius 2 is 2.06 bits per heavy atom. The van der Waals surface area contributed by atoms with Crippen molar-refractivity contribution in [1.82, 2.24) is 4.90 Å². The van der Waals surface area contributed by atoms with E-state index in [0.29, 0.717) is 26.0 Å². The number of carbonyl (C=O) groups is 2. The van der Waals surface area contributed by atoms with E-state index in [4.69, 9.17) is 4.74 Å². The van der Waals surface area contributed by atoms with Gasteiger partial charge in [0, 0.05) is 13.2 Å². The summed E-state index contributed by atoms with van der Waals surface area (Å²) in [5.41, 5.74) is -0.999. The van der Waals surface area contributed by atoms with Gasteiger partial charge in [-0.25, -0.2) is 4.79 Å². The number of rotatable bonds is 7. The molecule has 0 aliphatic carbocycles. The molecule has 0 aromatic heterocycles. The average molecular weight is 257 g/mol. The fraction of sp³-hybridized carbons (Fsp3) is 0.846. The van der Waals surface area contributed by atoms with Crippen LogP contribution in [0, 0.1) is 0 Å². The number of hydrogen-bond acceptors (Lipinski definition) is 3. The highest BCUT2D eigenvalue weighted by molar-refractivity contribution is 5.88. The van der Waals surface area contributed by atoms with Gasteiger partial charge in [-0.05, 0) is 25.7 Å². The summed E-state index contributed by atoms with van der Waals surface area (Å²) < 4.78 is 5.22. The van der Waals surface area contributed by atoms with Crippen LogP contribution in [0.15, 0.2) is 0 Å². The lowest BCUT2D eigenvalue weighted by Crippen LogP contribution is -2.54. The zero-order valence-electron chi connectivity index (χ0n) is 11.3. The minimum Gasteiger partial charge on any atom is -0.479 e. The molecular formula is C13H23NO4. The van der Waals surface area contributed by atoms with Crippen LogP contribution in [0.1, 0.15) is 46.0 Å². The number of hydrogen-bond donors (Lipinski definition) is 1. The molecule has 0 aromatic rings. The summed E-state index contributed by atoms with van der Waals surface area (Å²) in [6.07, 6.45) is 3.43. The standard InChI is InChI=1S/C13H23NO4/c1-3-6-13(12(16)17)7-5-8-14(13)11(15)10-18-9-4-2/h3-10H2,1-2H3,(H,16,17). The maximum atomic E-state index is 12.1. The molecular weight excluding hydrogens is 234 g/mol. The third-order valence-corrected chi connectivity index (χ3v) is 3.43. The molecule has 0 bridgehead atoms. The van der Waals surface area contributed by atoms with Crippen molar-refractivity contribution >= 4 is 11.9 Å². The first-order valence-electron chi connectivity index (χ1n) is 6.70. The molecule has 1 saturated heterocycles. The van der Waals surface area contributed by atoms with Crippen LogP contribution in [-0.2, 0) is 14.3 Å². The molecule has 18 heavy (non-hydrogen) atoms. The van der Waals surface area contributed by atoms with Crippen molar-refractivity contribution in [2.45, 2.75) is 51.5 Å². The zero-order chi connectivity index (χ0) is 13.6. The van der Waals surface area contributed by atoms with E-state index in [0.717, 1.165) is 19.3 Å². The number of amides is 1. The van der Waals surface area contributed by atoms with E-state index >= 15 is 0 Å². The Morgan fingerprint density at radius 3 is 2.61 bits per heavy atom. The highest BCUT2D eigenvalue weighted by Gasteiger charge is 2.48. The molecule has 0 spiro atoms. The van der Waals surface area contributed by atoms with Gasteiger partial charge in [0.2, 0.25) is 5.91 Å². The molecule has 0 radical (unpaired) electrons. The van der Waals surface area contributed by atoms with Crippen molar-refractivity contribution in [3.8, 4) is 0 Å². The maximum absolute atomic E-state index is 12.1. The predicted octanol–water partition coefficient (Wildman–Crippen LogP) is 1.66. The quantitative estimate of drug-likeness (QED) is 0.704. The Balaban J connectivity index is 2.72. The Labute approximate surface area is 108 Å². The van der Waals surface area contributed by atoms with E-state index in [-0.39, 0.29) is 12.5 Å². The topological polar surface area (TPSA) is 66.8 Å². The van der Waals surface area contributed by atoms with Gasteiger partial charge in [0.1, 0.15) is 12.1 Å². The molecule has 0 saturated carbocycles. The lowest BCUT2D eigenvalue weighted by Gasteiger charge is -2.34. The van der Waals surface area contributed by atoms with Crippen molar-refractivity contribution < 1.29 is 19.4 Å². The monoisotopic (exact) mass is 257 g/mol. The summed E-state index contributed by atoms with van der Waals surface area (Å²) in [6.45, 7) is 4.97. The highest BCUT2D eigenvalue weighted by Crippen LogP contribution is 2.34. The van der Waals surface area contributed by atoms with Crippen LogP contribution in [0.2, 0.25) is 0 Å². The average Bonchev–Trinajstić information content (AvgIpc) is 2.75. The van der Waals surface area contributed by atoms with Gasteiger partial charge in [-0.2, -0.15) is 0 Å². The third-order valence-electron chi connectivity index (χ3n) is 3.43. The second-order valence-electron chi connectivity index (χ2n) is 4.79. The number of carboxylic acid groups (broad SMARTS) is 1. The Morgan fingerprint density at radius 1 is 1.33 bits per heavy atom. The van der Waals surface area contributed by atoms with Crippen LogP contribution < -0.4 is 0 Å². The number of carboxylic acids is 1. The van der Waals surface area contributed by atoms with Crippen molar-refractivity contribution in [1.29, 1.82) is 0 Å². The molecule has 1 rings (SSSR count). The number of likely N-dealkylation sites (tertiary alicyclic amines) is 1. The van der Waals surface area contributed by atoms with Crippen LogP contribution >= 0.6 is 0 Å². The van der Waals surface area contributed by atoms with Gasteiger partial charge in [0.25, 0.3) is 0 Å². The summed E-state index contributed by atoms with van der Waals surface area (Å²) in [4.78, 5) is 25.1. The Kier molecular flexibility index (Phi) is 5.59. The van der Waals surface area contributed by atoms with Crippen molar-refractivity contribution in [2.24, 2.45) is 0 Å². The minimum atomic E-state index is -0.999. The smallest absolute Gasteiger partial charge is 0.329 e. The maximum Gasteiger partial charge on any atom is 0.329 e. The summed E-state index contributed by atoms with van der Waals surface area (Å²) in [5.74, 6) is -1.08. The summed E-state index contributed by atoms with van der Waals surface area (Å²) in [6, 6.07) is 0. The summed E-state index contributed by atoms with van der Waals surface area (Å²) in [5, 5.41) is 9.45. The van der Waals surface area contributed by atoms with Crippen molar-refractivity contribution in [3.05, 3.63) is 0 Å². The van der Waals surface area contributed by atoms with Gasteiger partial charge >= 0.3 is 5.97 Å². The highest BCUT2D eigenvalue weighted by atomic mass is 16.5. The molecule has 104 valence electrons. The van der Waals surface area contributed by atoms with Gasteiger partial charge in [-0.3, -0.25) is 4.79 Å². The van der Waals surface area contributed by atoms with E-state index in [1.165, 1.54) is 4.90 Å². The fourth-order valence-corrected chi connectivity index (χ4v) is 2.63. The number of carbonyl (C=O) groups excluding carboxylic acids is 1. The van der Waals surface area contributed by atoms with Gasteiger partial charge in [0.05, 0.1) is 0 Å². The molecule has 1 atom stereocenters. The van der Waals surface area contributed by atoms with E-state index in [1.807, 2.05) is 13.8 Å². The molecule has 1 heterocycles. The molecule has 5 nitrogen and oxygen atoms in total. The minimum absolute atomic E-state index is 0.00736. The first-order chi connectivity index (χ1) is 8.58. The van der Waals surface area contributed by atoms with Gasteiger partial charge in [-0.1, -0.05) is 20.3 Å². The van der Waals surface area contributed by atoms with Crippen LogP contribution in [-0.4, -0.2) is 47.2 Å². The SMILES string of the molecule is CCCOCC(=O)N1CCCC1(CCC)C(=O)O. The van der Waals surface area contributed by atoms with Gasteiger partial charge < -0.3 is 14.7 Å². The second-order valence-corrected chi connectivity index (χ2v) is 4.79. The van der Waals surface area contributed by atoms with Crippen LogP contribution in [0.25, 0.3) is 0 Å². The second kappa shape index (κ2) is 6.73. The predicted molar refractivity (Wildman–Crippen MR) is 67.3 cm³/mol. The normalized spacial score (nSPS) is 23.3. The first-order valence-corrected chi connectivity index (χ1v) is 6.70. The molecule has 1 fully saturated rings. The first kappa shape index (κ1) is 15.0. The molecule has 1 N–H and O–H groups in total. The Hall–Kier alpha value is -1.10. The van der Waals surface area contributed by atoms with Gasteiger partial charge in [-0.15, -0.1) is 0 Å². The fourth-order valence-electron chi connectivity index (χ4n) is 2.63. The molecule has 1 amide bonds. The lowest BCUT2D eigenvalue weighted by atomic mass is 9.90. The summed E-state index contributed by atoms with van der Waals surface area (Å²) in [7, 11) is 0. The lowest BCUT2D eigenvalue weighted by molar-refractivity contribution is -0.158. The number of nitrogens with zero attached hydrogens (tertiary/aromatic N) is 1. The van der Waals surface area contributed by atoms with Crippen molar-refractivity contribution in [2.75, 3.05) is 19.8 Å². The largest absolute Gasteiger partial charge is 0.479 e. The summed E-state index contributed by atoms with van der Waals surface area (Å²) >= 11 is 0. The molecule has 1 aliphatic heterocycles. The van der Waals surface area contributed by atoms with Crippen molar-refractivity contribution in [3.63, 3.8) is 0 Å². The Bertz CT molecular complexity index is 305.